The smallest absolute Gasteiger partial charge is 0.261 e. The van der Waals surface area contributed by atoms with Crippen LogP contribution in [-0.4, -0.2) is 60.7 Å². The molecule has 0 aliphatic carbocycles. The molecule has 2 atom stereocenters. The van der Waals surface area contributed by atoms with Gasteiger partial charge in [0.25, 0.3) is 5.91 Å². The van der Waals surface area contributed by atoms with Crippen molar-refractivity contribution in [3.8, 4) is 11.5 Å². The summed E-state index contributed by atoms with van der Waals surface area (Å²) in [5.74, 6) is -1.81. The van der Waals surface area contributed by atoms with Gasteiger partial charge in [0.2, 0.25) is 0 Å². The Kier molecular flexibility index (Phi) is 4.58. The minimum atomic E-state index is -1.50. The highest BCUT2D eigenvalue weighted by Crippen LogP contribution is 2.39. The number of fused-ring (bicyclic) bond motifs is 2. The second-order valence-electron chi connectivity index (χ2n) is 6.07. The third kappa shape index (κ3) is 2.79. The van der Waals surface area contributed by atoms with E-state index in [0.29, 0.717) is 6.42 Å². The molecule has 0 aromatic heterocycles. The predicted octanol–water partition coefficient (Wildman–Crippen LogP) is 1.79. The van der Waals surface area contributed by atoms with Gasteiger partial charge in [-0.1, -0.05) is 0 Å². The zero-order valence-corrected chi connectivity index (χ0v) is 13.1. The summed E-state index contributed by atoms with van der Waals surface area (Å²) in [5, 5.41) is 9.75. The van der Waals surface area contributed by atoms with Gasteiger partial charge < -0.3 is 19.5 Å². The highest BCUT2D eigenvalue weighted by atomic mass is 19.1. The van der Waals surface area contributed by atoms with Crippen molar-refractivity contribution < 1.29 is 32.5 Å². The van der Waals surface area contributed by atoms with Crippen molar-refractivity contribution in [3.63, 3.8) is 0 Å². The number of hydrogen-bond donors (Lipinski definition) is 1. The molecular formula is C16H18F3NO4. The second kappa shape index (κ2) is 6.51. The van der Waals surface area contributed by atoms with Crippen molar-refractivity contribution in [2.75, 3.05) is 26.5 Å². The van der Waals surface area contributed by atoms with Crippen molar-refractivity contribution in [1.29, 1.82) is 0 Å². The highest BCUT2D eigenvalue weighted by Gasteiger charge is 2.41. The lowest BCUT2D eigenvalue weighted by Gasteiger charge is -2.22. The largest absolute Gasteiger partial charge is 0.490 e. The molecule has 2 heterocycles. The molecule has 2 aliphatic heterocycles. The van der Waals surface area contributed by atoms with Crippen LogP contribution >= 0.6 is 0 Å². The second-order valence-corrected chi connectivity index (χ2v) is 6.07. The van der Waals surface area contributed by atoms with E-state index in [4.69, 9.17) is 9.47 Å². The van der Waals surface area contributed by atoms with Crippen LogP contribution in [0.5, 0.6) is 11.5 Å². The van der Waals surface area contributed by atoms with E-state index in [1.807, 2.05) is 0 Å². The van der Waals surface area contributed by atoms with Gasteiger partial charge in [0, 0.05) is 6.54 Å². The van der Waals surface area contributed by atoms with Gasteiger partial charge in [0.05, 0.1) is 12.1 Å². The molecule has 1 fully saturated rings. The van der Waals surface area contributed by atoms with Gasteiger partial charge in [-0.2, -0.15) is 0 Å². The lowest BCUT2D eigenvalue weighted by atomic mass is 10.1. The number of nitrogens with zero attached hydrogens (tertiary/aromatic N) is 1. The Morgan fingerprint density at radius 3 is 2.83 bits per heavy atom. The molecule has 2 aliphatic rings. The summed E-state index contributed by atoms with van der Waals surface area (Å²) in [4.78, 5) is 14.2. The summed E-state index contributed by atoms with van der Waals surface area (Å²) >= 11 is 0. The first kappa shape index (κ1) is 16.9. The number of hydrogen-bond acceptors (Lipinski definition) is 4. The third-order valence-corrected chi connectivity index (χ3v) is 4.29. The van der Waals surface area contributed by atoms with Gasteiger partial charge in [0.1, 0.15) is 31.3 Å². The van der Waals surface area contributed by atoms with Crippen LogP contribution < -0.4 is 9.47 Å². The van der Waals surface area contributed by atoms with Crippen LogP contribution in [0.3, 0.4) is 0 Å². The molecule has 0 spiro atoms. The molecule has 1 aromatic carbocycles. The third-order valence-electron chi connectivity index (χ3n) is 4.29. The number of carbonyl (C=O) groups excluding carboxylic acids is 1. The van der Waals surface area contributed by atoms with Gasteiger partial charge >= 0.3 is 0 Å². The molecule has 1 aromatic rings. The minimum Gasteiger partial charge on any atom is -0.490 e. The Morgan fingerprint density at radius 2 is 2.17 bits per heavy atom. The van der Waals surface area contributed by atoms with E-state index in [9.17, 15) is 23.1 Å². The van der Waals surface area contributed by atoms with E-state index in [0.717, 1.165) is 0 Å². The first-order chi connectivity index (χ1) is 11.5. The van der Waals surface area contributed by atoms with Crippen molar-refractivity contribution in [2.24, 2.45) is 0 Å². The van der Waals surface area contributed by atoms with Gasteiger partial charge in [0.15, 0.2) is 17.7 Å². The molecule has 132 valence electrons. The number of carbonyl (C=O) groups is 1. The standard InChI is InChI=1S/C16H18F3NO4/c1-8-2-12-13(15(14(8)19)24-11(4-17)5-18)16(22)20-6-10(21)3-9(20)7-23-12/h2,9-11,21H,3-7H2,1H3/t9-,10+/m1/s1. The number of aliphatic hydroxyl groups excluding tert-OH is 1. The fourth-order valence-corrected chi connectivity index (χ4v) is 3.06. The number of ether oxygens (including phenoxy) is 2. The van der Waals surface area contributed by atoms with E-state index >= 15 is 0 Å². The molecule has 0 bridgehead atoms. The van der Waals surface area contributed by atoms with Crippen LogP contribution in [0.15, 0.2) is 6.07 Å². The van der Waals surface area contributed by atoms with Crippen LogP contribution in [-0.2, 0) is 0 Å². The first-order valence-electron chi connectivity index (χ1n) is 7.69. The number of alkyl halides is 2. The fraction of sp³-hybridized carbons (Fsp3) is 0.562. The molecule has 5 nitrogen and oxygen atoms in total. The summed E-state index contributed by atoms with van der Waals surface area (Å²) in [7, 11) is 0. The maximum atomic E-state index is 14.5. The van der Waals surface area contributed by atoms with Gasteiger partial charge in [-0.05, 0) is 25.0 Å². The van der Waals surface area contributed by atoms with Crippen molar-refractivity contribution in [3.05, 3.63) is 23.0 Å². The fourth-order valence-electron chi connectivity index (χ4n) is 3.06. The topological polar surface area (TPSA) is 59.0 Å². The normalized spacial score (nSPS) is 22.9. The van der Waals surface area contributed by atoms with E-state index in [-0.39, 0.29) is 36.1 Å². The molecule has 1 N–H and O–H groups in total. The van der Waals surface area contributed by atoms with Crippen molar-refractivity contribution in [1.82, 2.24) is 4.90 Å². The summed E-state index contributed by atoms with van der Waals surface area (Å²) in [6.07, 6.45) is -1.83. The zero-order chi connectivity index (χ0) is 17.4. The van der Waals surface area contributed by atoms with Crippen LogP contribution in [0.4, 0.5) is 13.2 Å². The summed E-state index contributed by atoms with van der Waals surface area (Å²) in [6.45, 7) is -0.615. The number of benzene rings is 1. The Morgan fingerprint density at radius 1 is 1.46 bits per heavy atom. The SMILES string of the molecule is Cc1cc2c(c(OC(CF)CF)c1F)C(=O)N1C[C@@H](O)C[C@@H]1CO2. The first-order valence-corrected chi connectivity index (χ1v) is 7.69. The number of rotatable bonds is 4. The van der Waals surface area contributed by atoms with Crippen molar-refractivity contribution in [2.45, 2.75) is 31.6 Å². The van der Waals surface area contributed by atoms with Crippen LogP contribution in [0.25, 0.3) is 0 Å². The maximum absolute atomic E-state index is 14.5. The number of amides is 1. The highest BCUT2D eigenvalue weighted by molar-refractivity contribution is 6.00. The van der Waals surface area contributed by atoms with Gasteiger partial charge in [-0.3, -0.25) is 4.79 Å². The van der Waals surface area contributed by atoms with Crippen LogP contribution in [0.1, 0.15) is 22.3 Å². The molecule has 1 amide bonds. The van der Waals surface area contributed by atoms with Crippen LogP contribution in [0.2, 0.25) is 0 Å². The molecule has 0 radical (unpaired) electrons. The number of aryl methyl sites for hydroxylation is 1. The molecule has 24 heavy (non-hydrogen) atoms. The number of aliphatic hydroxyl groups is 1. The number of halogens is 3. The zero-order valence-electron chi connectivity index (χ0n) is 13.1. The monoisotopic (exact) mass is 345 g/mol. The maximum Gasteiger partial charge on any atom is 0.261 e. The van der Waals surface area contributed by atoms with E-state index < -0.39 is 43.0 Å². The van der Waals surface area contributed by atoms with Crippen molar-refractivity contribution >= 4 is 5.91 Å². The van der Waals surface area contributed by atoms with E-state index in [1.165, 1.54) is 17.9 Å². The minimum absolute atomic E-state index is 0.0941. The Balaban J connectivity index is 2.07. The van der Waals surface area contributed by atoms with Gasteiger partial charge in [-0.15, -0.1) is 0 Å². The predicted molar refractivity (Wildman–Crippen MR) is 78.4 cm³/mol. The quantitative estimate of drug-likeness (QED) is 0.904. The molecular weight excluding hydrogens is 327 g/mol. The molecule has 0 unspecified atom stereocenters. The lowest BCUT2D eigenvalue weighted by Crippen LogP contribution is -2.37. The van der Waals surface area contributed by atoms with Crippen LogP contribution in [0, 0.1) is 12.7 Å². The van der Waals surface area contributed by atoms with E-state index in [1.54, 1.807) is 0 Å². The Bertz CT molecular complexity index is 651. The Hall–Kier alpha value is -1.96. The summed E-state index contributed by atoms with van der Waals surface area (Å²) in [5.41, 5.74) is -0.0447. The summed E-state index contributed by atoms with van der Waals surface area (Å²) < 4.78 is 50.8. The van der Waals surface area contributed by atoms with Gasteiger partial charge in [-0.25, -0.2) is 13.2 Å². The lowest BCUT2D eigenvalue weighted by molar-refractivity contribution is 0.0697. The average Bonchev–Trinajstić information content (AvgIpc) is 2.89. The molecule has 8 heteroatoms. The Labute approximate surface area is 137 Å². The molecule has 0 saturated carbocycles. The average molecular weight is 345 g/mol. The van der Waals surface area contributed by atoms with E-state index in [2.05, 4.69) is 0 Å². The summed E-state index contributed by atoms with van der Waals surface area (Å²) in [6, 6.07) is 1.03. The molecule has 1 saturated heterocycles. The molecule has 3 rings (SSSR count).